The molecule has 34 heavy (non-hydrogen) atoms. The van der Waals surface area contributed by atoms with Gasteiger partial charge in [0.15, 0.2) is 0 Å². The number of carboxylic acids is 1. The molecule has 0 amide bonds. The van der Waals surface area contributed by atoms with E-state index in [1.807, 2.05) is 0 Å². The van der Waals surface area contributed by atoms with Gasteiger partial charge in [-0.05, 0) is 54.4 Å². The first kappa shape index (κ1) is 23.2. The number of nitrogens with one attached hydrogen (secondary N) is 1. The first-order valence-electron chi connectivity index (χ1n) is 10.0. The molecule has 4 aromatic rings. The minimum Gasteiger partial charge on any atom is -0.495 e. The summed E-state index contributed by atoms with van der Waals surface area (Å²) in [5, 5.41) is 10.0. The van der Waals surface area contributed by atoms with Crippen LogP contribution in [0.15, 0.2) is 71.6 Å². The number of fused-ring (bicyclic) bond motifs is 1. The maximum absolute atomic E-state index is 13.8. The van der Waals surface area contributed by atoms with Gasteiger partial charge in [-0.25, -0.2) is 22.0 Å². The van der Waals surface area contributed by atoms with Gasteiger partial charge in [0.05, 0.1) is 17.6 Å². The van der Waals surface area contributed by atoms with Gasteiger partial charge in [0, 0.05) is 22.0 Å². The van der Waals surface area contributed by atoms with Gasteiger partial charge in [-0.1, -0.05) is 30.3 Å². The van der Waals surface area contributed by atoms with Crippen LogP contribution in [-0.2, 0) is 10.0 Å². The SMILES string of the molecule is COc1c(-c2ccc(F)cc2C)cc(S(=O)(=O)Nc2ccc(F)c(C(=O)O)c2)c2ccccc12. The summed E-state index contributed by atoms with van der Waals surface area (Å²) in [4.78, 5) is 11.1. The molecule has 0 atom stereocenters. The van der Waals surface area contributed by atoms with Crippen LogP contribution in [0.3, 0.4) is 0 Å². The van der Waals surface area contributed by atoms with Crippen molar-refractivity contribution in [3.63, 3.8) is 0 Å². The van der Waals surface area contributed by atoms with E-state index >= 15 is 0 Å². The lowest BCUT2D eigenvalue weighted by Crippen LogP contribution is -2.15. The van der Waals surface area contributed by atoms with Crippen LogP contribution in [0.4, 0.5) is 14.5 Å². The highest BCUT2D eigenvalue weighted by Gasteiger charge is 2.24. The number of halogens is 2. The number of aryl methyl sites for hydroxylation is 1. The van der Waals surface area contributed by atoms with E-state index in [0.717, 1.165) is 18.2 Å². The zero-order valence-electron chi connectivity index (χ0n) is 18.1. The van der Waals surface area contributed by atoms with E-state index < -0.39 is 33.2 Å². The molecular formula is C25H19F2NO5S. The third-order valence-corrected chi connectivity index (χ3v) is 6.80. The molecule has 6 nitrogen and oxygen atoms in total. The van der Waals surface area contributed by atoms with Crippen molar-refractivity contribution < 1.29 is 31.8 Å². The summed E-state index contributed by atoms with van der Waals surface area (Å²) in [7, 11) is -2.81. The average Bonchev–Trinajstić information content (AvgIpc) is 2.79. The van der Waals surface area contributed by atoms with Gasteiger partial charge in [-0.2, -0.15) is 0 Å². The molecule has 0 heterocycles. The van der Waals surface area contributed by atoms with Gasteiger partial charge in [-0.15, -0.1) is 0 Å². The molecule has 4 rings (SSSR count). The molecule has 9 heteroatoms. The Labute approximate surface area is 194 Å². The quantitative estimate of drug-likeness (QED) is 0.372. The number of benzene rings is 4. The van der Waals surface area contributed by atoms with Crippen molar-refractivity contribution in [2.75, 3.05) is 11.8 Å². The van der Waals surface area contributed by atoms with Crippen LogP contribution in [-0.4, -0.2) is 26.6 Å². The smallest absolute Gasteiger partial charge is 0.338 e. The van der Waals surface area contributed by atoms with Crippen molar-refractivity contribution in [1.82, 2.24) is 0 Å². The standard InChI is InChI=1S/C25H19F2NO5S/c1-14-11-15(26)7-9-17(14)20-13-23(18-5-3-4-6-19(18)24(20)33-2)34(31,32)28-16-8-10-22(27)21(12-16)25(29)30/h3-13,28H,1-2H3,(H,29,30). The first-order chi connectivity index (χ1) is 16.1. The van der Waals surface area contributed by atoms with Crippen molar-refractivity contribution in [3.8, 4) is 16.9 Å². The van der Waals surface area contributed by atoms with E-state index in [9.17, 15) is 22.0 Å². The highest BCUT2D eigenvalue weighted by atomic mass is 32.2. The molecule has 4 aromatic carbocycles. The molecule has 0 spiro atoms. The van der Waals surface area contributed by atoms with E-state index in [4.69, 9.17) is 9.84 Å². The van der Waals surface area contributed by atoms with Crippen molar-refractivity contribution in [2.45, 2.75) is 11.8 Å². The Morgan fingerprint density at radius 1 is 0.941 bits per heavy atom. The Hall–Kier alpha value is -3.98. The summed E-state index contributed by atoms with van der Waals surface area (Å²) in [6.07, 6.45) is 0. The van der Waals surface area contributed by atoms with Gasteiger partial charge in [0.1, 0.15) is 17.4 Å². The third-order valence-electron chi connectivity index (χ3n) is 5.38. The van der Waals surface area contributed by atoms with Crippen molar-refractivity contribution in [3.05, 3.63) is 89.5 Å². The number of aromatic carboxylic acids is 1. The predicted octanol–water partition coefficient (Wildman–Crippen LogP) is 5.60. The second kappa shape index (κ2) is 8.75. The van der Waals surface area contributed by atoms with Crippen LogP contribution >= 0.6 is 0 Å². The number of carbonyl (C=O) groups is 1. The Bertz CT molecular complexity index is 1550. The number of sulfonamides is 1. The van der Waals surface area contributed by atoms with E-state index in [-0.39, 0.29) is 10.6 Å². The fourth-order valence-corrected chi connectivity index (χ4v) is 5.14. The van der Waals surface area contributed by atoms with Gasteiger partial charge < -0.3 is 9.84 Å². The molecule has 0 aliphatic rings. The van der Waals surface area contributed by atoms with Crippen LogP contribution < -0.4 is 9.46 Å². The summed E-state index contributed by atoms with van der Waals surface area (Å²) in [6.45, 7) is 1.70. The Kier molecular flexibility index (Phi) is 5.97. The molecule has 174 valence electrons. The highest BCUT2D eigenvalue weighted by Crippen LogP contribution is 2.42. The molecule has 0 radical (unpaired) electrons. The maximum atomic E-state index is 13.8. The molecule has 0 saturated heterocycles. The number of carboxylic acid groups (broad SMARTS) is 1. The molecule has 2 N–H and O–H groups in total. The van der Waals surface area contributed by atoms with Crippen molar-refractivity contribution in [2.24, 2.45) is 0 Å². The van der Waals surface area contributed by atoms with Crippen LogP contribution in [0.1, 0.15) is 15.9 Å². The second-order valence-corrected chi connectivity index (χ2v) is 9.22. The predicted molar refractivity (Wildman–Crippen MR) is 125 cm³/mol. The van der Waals surface area contributed by atoms with Gasteiger partial charge in [-0.3, -0.25) is 4.72 Å². The number of hydrogen-bond acceptors (Lipinski definition) is 4. The Morgan fingerprint density at radius 3 is 2.29 bits per heavy atom. The zero-order chi connectivity index (χ0) is 24.6. The fraction of sp³-hybridized carbons (Fsp3) is 0.0800. The van der Waals surface area contributed by atoms with Crippen LogP contribution in [0.2, 0.25) is 0 Å². The van der Waals surface area contributed by atoms with Crippen LogP contribution in [0.5, 0.6) is 5.75 Å². The van der Waals surface area contributed by atoms with E-state index in [1.165, 1.54) is 25.3 Å². The normalized spacial score (nSPS) is 11.4. The molecule has 0 fully saturated rings. The van der Waals surface area contributed by atoms with Gasteiger partial charge in [0.25, 0.3) is 10.0 Å². The van der Waals surface area contributed by atoms with Crippen LogP contribution in [0.25, 0.3) is 21.9 Å². The molecule has 0 aromatic heterocycles. The maximum Gasteiger partial charge on any atom is 0.338 e. The summed E-state index contributed by atoms with van der Waals surface area (Å²) in [5.41, 5.74) is 0.815. The van der Waals surface area contributed by atoms with Gasteiger partial charge in [0.2, 0.25) is 0 Å². The van der Waals surface area contributed by atoms with Crippen molar-refractivity contribution >= 4 is 32.5 Å². The lowest BCUT2D eigenvalue weighted by Gasteiger charge is -2.18. The molecule has 0 saturated carbocycles. The molecule has 0 bridgehead atoms. The minimum atomic E-state index is -4.27. The molecule has 0 unspecified atom stereocenters. The summed E-state index contributed by atoms with van der Waals surface area (Å²) in [6, 6.07) is 15.2. The summed E-state index contributed by atoms with van der Waals surface area (Å²) in [5.74, 6) is -2.53. The van der Waals surface area contributed by atoms with Crippen LogP contribution in [0, 0.1) is 18.6 Å². The van der Waals surface area contributed by atoms with Gasteiger partial charge >= 0.3 is 5.97 Å². The number of anilines is 1. The number of rotatable bonds is 6. The number of methoxy groups -OCH3 is 1. The third kappa shape index (κ3) is 4.17. The first-order valence-corrected chi connectivity index (χ1v) is 11.5. The van der Waals surface area contributed by atoms with Crippen molar-refractivity contribution in [1.29, 1.82) is 0 Å². The fourth-order valence-electron chi connectivity index (χ4n) is 3.85. The Balaban J connectivity index is 1.95. The minimum absolute atomic E-state index is 0.108. The van der Waals surface area contributed by atoms with E-state index in [0.29, 0.717) is 33.2 Å². The topological polar surface area (TPSA) is 92.7 Å². The zero-order valence-corrected chi connectivity index (χ0v) is 18.9. The summed E-state index contributed by atoms with van der Waals surface area (Å²) >= 11 is 0. The molecule has 0 aliphatic carbocycles. The second-order valence-electron chi connectivity index (χ2n) is 7.57. The number of ether oxygens (including phenoxy) is 1. The highest BCUT2D eigenvalue weighted by molar-refractivity contribution is 7.93. The summed E-state index contributed by atoms with van der Waals surface area (Å²) < 4.78 is 62.4. The molecule has 0 aliphatic heterocycles. The lowest BCUT2D eigenvalue weighted by atomic mass is 9.96. The largest absolute Gasteiger partial charge is 0.495 e. The lowest BCUT2D eigenvalue weighted by molar-refractivity contribution is 0.0692. The van der Waals surface area contributed by atoms with E-state index in [2.05, 4.69) is 4.72 Å². The molecular weight excluding hydrogens is 464 g/mol. The Morgan fingerprint density at radius 2 is 1.65 bits per heavy atom. The number of hydrogen-bond donors (Lipinski definition) is 2. The average molecular weight is 483 g/mol. The monoisotopic (exact) mass is 483 g/mol. The van der Waals surface area contributed by atoms with E-state index in [1.54, 1.807) is 37.3 Å².